The van der Waals surface area contributed by atoms with E-state index in [0.29, 0.717) is 36.3 Å². The number of nitrogens with one attached hydrogen (secondary N) is 2. The van der Waals surface area contributed by atoms with Crippen LogP contribution in [0.4, 0.5) is 9.59 Å². The van der Waals surface area contributed by atoms with Crippen LogP contribution in [-0.4, -0.2) is 56.7 Å². The Morgan fingerprint density at radius 2 is 1.29 bits per heavy atom. The quantitative estimate of drug-likeness (QED) is 0.133. The maximum absolute atomic E-state index is 12.1. The number of esters is 1. The van der Waals surface area contributed by atoms with Crippen molar-refractivity contribution in [2.24, 2.45) is 11.8 Å². The number of rotatable bonds is 13. The van der Waals surface area contributed by atoms with E-state index in [0.717, 1.165) is 31.3 Å². The highest BCUT2D eigenvalue weighted by molar-refractivity contribution is 5.86. The molecule has 0 heterocycles. The summed E-state index contributed by atoms with van der Waals surface area (Å²) in [6.07, 6.45) is 1.88. The molecule has 0 saturated heterocycles. The summed E-state index contributed by atoms with van der Waals surface area (Å²) in [5, 5.41) is 5.60. The van der Waals surface area contributed by atoms with Gasteiger partial charge in [0.05, 0.1) is 0 Å². The van der Waals surface area contributed by atoms with Crippen LogP contribution in [-0.2, 0) is 23.7 Å². The lowest BCUT2D eigenvalue weighted by atomic mass is 9.81. The molecule has 0 radical (unpaired) electrons. The molecule has 0 aliphatic heterocycles. The van der Waals surface area contributed by atoms with Crippen molar-refractivity contribution in [1.29, 1.82) is 0 Å². The molecule has 0 bridgehead atoms. The van der Waals surface area contributed by atoms with E-state index in [9.17, 15) is 14.4 Å². The van der Waals surface area contributed by atoms with Gasteiger partial charge >= 0.3 is 18.2 Å². The first-order valence-electron chi connectivity index (χ1n) is 11.7. The Hall–Kier alpha value is -2.97. The van der Waals surface area contributed by atoms with E-state index in [1.54, 1.807) is 27.7 Å². The Kier molecular flexibility index (Phi) is 12.8. The summed E-state index contributed by atoms with van der Waals surface area (Å²) in [5.74, 6) is 0.556. The molecule has 2 amide bonds. The van der Waals surface area contributed by atoms with Crippen LogP contribution < -0.4 is 10.6 Å². The lowest BCUT2D eigenvalue weighted by Gasteiger charge is -2.29. The van der Waals surface area contributed by atoms with Gasteiger partial charge in [0.1, 0.15) is 31.2 Å². The zero-order valence-corrected chi connectivity index (χ0v) is 20.9. The molecule has 1 saturated carbocycles. The van der Waals surface area contributed by atoms with Gasteiger partial charge in [-0.25, -0.2) is 14.4 Å². The molecular weight excluding hydrogens is 440 g/mol. The van der Waals surface area contributed by atoms with Crippen molar-refractivity contribution < 1.29 is 33.3 Å². The second-order valence-corrected chi connectivity index (χ2v) is 8.99. The monoisotopic (exact) mass is 480 g/mol. The van der Waals surface area contributed by atoms with Gasteiger partial charge in [-0.05, 0) is 64.4 Å². The molecule has 1 fully saturated rings. The highest BCUT2D eigenvalue weighted by Gasteiger charge is 2.24. The van der Waals surface area contributed by atoms with Gasteiger partial charge in [-0.3, -0.25) is 0 Å². The summed E-state index contributed by atoms with van der Waals surface area (Å²) in [6.45, 7) is 18.9. The van der Waals surface area contributed by atoms with Crippen molar-refractivity contribution >= 4 is 18.2 Å². The molecule has 0 spiro atoms. The molecule has 2 N–H and O–H groups in total. The first-order chi connectivity index (χ1) is 16.0. The average molecular weight is 481 g/mol. The predicted molar refractivity (Wildman–Crippen MR) is 129 cm³/mol. The molecule has 0 aromatic rings. The number of carbonyl (C=O) groups excluding carboxylic acids is 3. The number of hydrogen-bond donors (Lipinski definition) is 2. The van der Waals surface area contributed by atoms with Crippen LogP contribution in [0.2, 0.25) is 0 Å². The minimum Gasteiger partial charge on any atom is -0.490 e. The summed E-state index contributed by atoms with van der Waals surface area (Å²) in [4.78, 5) is 35.5. The highest BCUT2D eigenvalue weighted by Crippen LogP contribution is 2.28. The van der Waals surface area contributed by atoms with Crippen molar-refractivity contribution in [2.75, 3.05) is 26.3 Å². The third-order valence-corrected chi connectivity index (χ3v) is 5.34. The molecule has 4 unspecified atom stereocenters. The molecule has 0 aromatic heterocycles. The van der Waals surface area contributed by atoms with Gasteiger partial charge in [-0.15, -0.1) is 0 Å². The molecule has 0 aromatic carbocycles. The first-order valence-corrected chi connectivity index (χ1v) is 11.7. The molecule has 9 nitrogen and oxygen atoms in total. The van der Waals surface area contributed by atoms with Gasteiger partial charge in [0, 0.05) is 18.7 Å². The average Bonchev–Trinajstić information content (AvgIpc) is 2.78. The number of carbonyl (C=O) groups is 3. The van der Waals surface area contributed by atoms with Crippen LogP contribution in [0.5, 0.6) is 0 Å². The van der Waals surface area contributed by atoms with E-state index in [1.165, 1.54) is 0 Å². The van der Waals surface area contributed by atoms with Gasteiger partial charge < -0.3 is 29.6 Å². The fraction of sp³-hybridized carbons (Fsp3) is 0.640. The van der Waals surface area contributed by atoms with Crippen molar-refractivity contribution in [3.8, 4) is 0 Å². The van der Waals surface area contributed by atoms with Crippen LogP contribution in [0.3, 0.4) is 0 Å². The van der Waals surface area contributed by atoms with E-state index in [-0.39, 0.29) is 13.2 Å². The molecule has 34 heavy (non-hydrogen) atoms. The van der Waals surface area contributed by atoms with Crippen LogP contribution >= 0.6 is 0 Å². The van der Waals surface area contributed by atoms with E-state index >= 15 is 0 Å². The lowest BCUT2D eigenvalue weighted by molar-refractivity contribution is -0.141. The summed E-state index contributed by atoms with van der Waals surface area (Å²) in [5.41, 5.74) is 1.02. The maximum atomic E-state index is 12.1. The van der Waals surface area contributed by atoms with Crippen LogP contribution in [0.25, 0.3) is 0 Å². The highest BCUT2D eigenvalue weighted by atomic mass is 16.6. The van der Waals surface area contributed by atoms with Gasteiger partial charge in [-0.1, -0.05) is 26.2 Å². The third kappa shape index (κ3) is 12.3. The van der Waals surface area contributed by atoms with E-state index in [2.05, 4.69) is 30.4 Å². The maximum Gasteiger partial charge on any atom is 0.407 e. The smallest absolute Gasteiger partial charge is 0.407 e. The zero-order chi connectivity index (χ0) is 25.7. The normalized spacial score (nSPS) is 19.1. The van der Waals surface area contributed by atoms with Gasteiger partial charge in [0.25, 0.3) is 0 Å². The van der Waals surface area contributed by atoms with E-state index in [1.807, 2.05) is 0 Å². The summed E-state index contributed by atoms with van der Waals surface area (Å²) >= 11 is 0. The molecular formula is C25H40N2O7. The molecule has 9 heteroatoms. The standard InChI is InChI=1S/C25H40N2O7/c1-16(2)20(7)31-14-18(5)33-24(29)26-12-21-9-8-10-22(11-21)13-27-25(30)34-19(6)15-32-23(28)17(3)4/h18-19,21-22H,1,3,7-15H2,2,4-6H3,(H,26,29)(H,27,30). The summed E-state index contributed by atoms with van der Waals surface area (Å²) in [7, 11) is 0. The molecule has 1 rings (SSSR count). The first kappa shape index (κ1) is 29.1. The molecule has 192 valence electrons. The van der Waals surface area contributed by atoms with Crippen LogP contribution in [0.15, 0.2) is 36.6 Å². The number of allylic oxidation sites excluding steroid dienone is 1. The SMILES string of the molecule is C=C(C)C(=C)OCC(C)OC(=O)NCC1CCCC(CNC(=O)OC(C)COC(=O)C(=C)C)C1. The third-order valence-electron chi connectivity index (χ3n) is 5.34. The minimum absolute atomic E-state index is 0.0280. The van der Waals surface area contributed by atoms with Crippen molar-refractivity contribution in [2.45, 2.75) is 65.6 Å². The second-order valence-electron chi connectivity index (χ2n) is 8.99. The fourth-order valence-corrected chi connectivity index (χ4v) is 3.40. The Morgan fingerprint density at radius 3 is 1.74 bits per heavy atom. The number of alkyl carbamates (subject to hydrolysis) is 2. The predicted octanol–water partition coefficient (Wildman–Crippen LogP) is 4.25. The van der Waals surface area contributed by atoms with Gasteiger partial charge in [0.15, 0.2) is 0 Å². The van der Waals surface area contributed by atoms with Crippen molar-refractivity contribution in [3.05, 3.63) is 36.6 Å². The van der Waals surface area contributed by atoms with Crippen LogP contribution in [0, 0.1) is 11.8 Å². The van der Waals surface area contributed by atoms with Gasteiger partial charge in [-0.2, -0.15) is 0 Å². The fourth-order valence-electron chi connectivity index (χ4n) is 3.40. The Morgan fingerprint density at radius 1 is 0.824 bits per heavy atom. The molecule has 1 aliphatic carbocycles. The number of hydrogen-bond acceptors (Lipinski definition) is 7. The van der Waals surface area contributed by atoms with Crippen LogP contribution in [0.1, 0.15) is 53.4 Å². The van der Waals surface area contributed by atoms with Crippen molar-refractivity contribution in [1.82, 2.24) is 10.6 Å². The Bertz CT molecular complexity index is 690. The summed E-state index contributed by atoms with van der Waals surface area (Å²) in [6, 6.07) is 0. The van der Waals surface area contributed by atoms with Gasteiger partial charge in [0.2, 0.25) is 0 Å². The van der Waals surface area contributed by atoms with Crippen molar-refractivity contribution in [3.63, 3.8) is 0 Å². The molecule has 4 atom stereocenters. The number of amides is 2. The topological polar surface area (TPSA) is 112 Å². The Labute approximate surface area is 202 Å². The minimum atomic E-state index is -0.565. The van der Waals surface area contributed by atoms with E-state index < -0.39 is 30.4 Å². The zero-order valence-electron chi connectivity index (χ0n) is 20.9. The summed E-state index contributed by atoms with van der Waals surface area (Å²) < 4.78 is 20.9. The largest absolute Gasteiger partial charge is 0.490 e. The molecule has 1 aliphatic rings. The Balaban J connectivity index is 2.26. The van der Waals surface area contributed by atoms with E-state index in [4.69, 9.17) is 18.9 Å². The lowest BCUT2D eigenvalue weighted by Crippen LogP contribution is -2.38. The second kappa shape index (κ2) is 15.0. The number of ether oxygens (including phenoxy) is 4.